The summed E-state index contributed by atoms with van der Waals surface area (Å²) in [5.41, 5.74) is 0.486. The SMILES string of the molecule is CN(C)C(=O)c1ccc(I)cn1. The highest BCUT2D eigenvalue weighted by molar-refractivity contribution is 14.1. The minimum Gasteiger partial charge on any atom is -0.343 e. The highest BCUT2D eigenvalue weighted by Crippen LogP contribution is 2.04. The van der Waals surface area contributed by atoms with Crippen LogP contribution in [0.3, 0.4) is 0 Å². The van der Waals surface area contributed by atoms with E-state index < -0.39 is 0 Å². The number of hydrogen-bond acceptors (Lipinski definition) is 2. The van der Waals surface area contributed by atoms with Gasteiger partial charge in [-0.3, -0.25) is 4.79 Å². The first kappa shape index (κ1) is 9.44. The van der Waals surface area contributed by atoms with Gasteiger partial charge in [-0.25, -0.2) is 4.98 Å². The molecule has 0 aliphatic heterocycles. The molecule has 0 spiro atoms. The fourth-order valence-electron chi connectivity index (χ4n) is 0.731. The number of hydrogen-bond donors (Lipinski definition) is 0. The summed E-state index contributed by atoms with van der Waals surface area (Å²) < 4.78 is 1.03. The number of nitrogens with zero attached hydrogens (tertiary/aromatic N) is 2. The van der Waals surface area contributed by atoms with Crippen LogP contribution in [0.1, 0.15) is 10.5 Å². The lowest BCUT2D eigenvalue weighted by molar-refractivity contribution is 0.0822. The summed E-state index contributed by atoms with van der Waals surface area (Å²) in [6, 6.07) is 3.59. The molecule has 3 nitrogen and oxygen atoms in total. The van der Waals surface area contributed by atoms with E-state index in [-0.39, 0.29) is 5.91 Å². The Morgan fingerprint density at radius 3 is 2.58 bits per heavy atom. The lowest BCUT2D eigenvalue weighted by atomic mass is 10.3. The molecule has 12 heavy (non-hydrogen) atoms. The predicted molar refractivity (Wildman–Crippen MR) is 55.0 cm³/mol. The topological polar surface area (TPSA) is 33.2 Å². The number of amides is 1. The van der Waals surface area contributed by atoms with Gasteiger partial charge in [-0.05, 0) is 34.7 Å². The van der Waals surface area contributed by atoms with E-state index in [0.29, 0.717) is 5.69 Å². The molecular formula is C8H9IN2O. The van der Waals surface area contributed by atoms with Crippen LogP contribution < -0.4 is 0 Å². The van der Waals surface area contributed by atoms with Crippen LogP contribution in [0.4, 0.5) is 0 Å². The Bertz CT molecular complexity index is 282. The van der Waals surface area contributed by atoms with Gasteiger partial charge in [-0.15, -0.1) is 0 Å². The third-order valence-electron chi connectivity index (χ3n) is 1.35. The smallest absolute Gasteiger partial charge is 0.271 e. The minimum absolute atomic E-state index is 0.0635. The molecule has 4 heteroatoms. The summed E-state index contributed by atoms with van der Waals surface area (Å²) in [4.78, 5) is 16.8. The number of aromatic nitrogens is 1. The lowest BCUT2D eigenvalue weighted by Crippen LogP contribution is -2.22. The van der Waals surface area contributed by atoms with Crippen molar-refractivity contribution in [2.75, 3.05) is 14.1 Å². The second kappa shape index (κ2) is 3.84. The van der Waals surface area contributed by atoms with Gasteiger partial charge in [0.05, 0.1) is 0 Å². The van der Waals surface area contributed by atoms with E-state index in [1.807, 2.05) is 6.07 Å². The number of carbonyl (C=O) groups is 1. The first-order valence-corrected chi connectivity index (χ1v) is 4.52. The van der Waals surface area contributed by atoms with Crippen molar-refractivity contribution in [3.8, 4) is 0 Å². The summed E-state index contributed by atoms with van der Waals surface area (Å²) in [7, 11) is 3.42. The fourth-order valence-corrected chi connectivity index (χ4v) is 1.05. The Balaban J connectivity index is 2.90. The van der Waals surface area contributed by atoms with Crippen LogP contribution in [-0.4, -0.2) is 29.9 Å². The van der Waals surface area contributed by atoms with Crippen LogP contribution >= 0.6 is 22.6 Å². The number of pyridine rings is 1. The van der Waals surface area contributed by atoms with Crippen molar-refractivity contribution in [3.05, 3.63) is 27.6 Å². The molecule has 0 fully saturated rings. The average Bonchev–Trinajstić information content (AvgIpc) is 2.04. The van der Waals surface area contributed by atoms with Gasteiger partial charge in [0.25, 0.3) is 5.91 Å². The largest absolute Gasteiger partial charge is 0.343 e. The third-order valence-corrected chi connectivity index (χ3v) is 1.99. The van der Waals surface area contributed by atoms with Gasteiger partial charge < -0.3 is 4.90 Å². The molecule has 0 N–H and O–H groups in total. The Kier molecular flexibility index (Phi) is 3.02. The average molecular weight is 276 g/mol. The van der Waals surface area contributed by atoms with Crippen LogP contribution in [0.25, 0.3) is 0 Å². The summed E-state index contributed by atoms with van der Waals surface area (Å²) in [6.07, 6.45) is 1.68. The van der Waals surface area contributed by atoms with Crippen molar-refractivity contribution < 1.29 is 4.79 Å². The Morgan fingerprint density at radius 2 is 2.17 bits per heavy atom. The second-order valence-electron chi connectivity index (χ2n) is 2.56. The molecule has 0 saturated carbocycles. The standard InChI is InChI=1S/C8H9IN2O/c1-11(2)8(12)7-4-3-6(9)5-10-7/h3-5H,1-2H3. The zero-order valence-electron chi connectivity index (χ0n) is 6.91. The molecule has 0 unspecified atom stereocenters. The minimum atomic E-state index is -0.0635. The molecule has 0 saturated heterocycles. The second-order valence-corrected chi connectivity index (χ2v) is 3.81. The molecule has 1 rings (SSSR count). The zero-order valence-corrected chi connectivity index (χ0v) is 9.07. The molecule has 1 aromatic heterocycles. The molecule has 1 heterocycles. The van der Waals surface area contributed by atoms with Crippen molar-refractivity contribution in [1.29, 1.82) is 0 Å². The summed E-state index contributed by atoms with van der Waals surface area (Å²) in [6.45, 7) is 0. The quantitative estimate of drug-likeness (QED) is 0.726. The van der Waals surface area contributed by atoms with E-state index in [1.165, 1.54) is 4.90 Å². The highest BCUT2D eigenvalue weighted by Gasteiger charge is 2.07. The van der Waals surface area contributed by atoms with Crippen molar-refractivity contribution >= 4 is 28.5 Å². The molecule has 64 valence electrons. The van der Waals surface area contributed by atoms with Crippen molar-refractivity contribution in [2.45, 2.75) is 0 Å². The first-order valence-electron chi connectivity index (χ1n) is 3.44. The van der Waals surface area contributed by atoms with E-state index in [9.17, 15) is 4.79 Å². The van der Waals surface area contributed by atoms with Gasteiger partial charge in [0.15, 0.2) is 0 Å². The summed E-state index contributed by atoms with van der Waals surface area (Å²) in [5, 5.41) is 0. The van der Waals surface area contributed by atoms with E-state index >= 15 is 0 Å². The fraction of sp³-hybridized carbons (Fsp3) is 0.250. The van der Waals surface area contributed by atoms with E-state index in [2.05, 4.69) is 27.6 Å². The maximum absolute atomic E-state index is 11.3. The van der Waals surface area contributed by atoms with Crippen LogP contribution in [0.15, 0.2) is 18.3 Å². The van der Waals surface area contributed by atoms with Gasteiger partial charge in [0.2, 0.25) is 0 Å². The monoisotopic (exact) mass is 276 g/mol. The van der Waals surface area contributed by atoms with Crippen LogP contribution in [-0.2, 0) is 0 Å². The number of halogens is 1. The molecule has 0 radical (unpaired) electrons. The number of carbonyl (C=O) groups excluding carboxylic acids is 1. The van der Waals surface area contributed by atoms with E-state index in [0.717, 1.165) is 3.57 Å². The van der Waals surface area contributed by atoms with E-state index in [1.54, 1.807) is 26.4 Å². The van der Waals surface area contributed by atoms with Crippen molar-refractivity contribution in [3.63, 3.8) is 0 Å². The maximum atomic E-state index is 11.3. The zero-order chi connectivity index (χ0) is 9.14. The Hall–Kier alpha value is -0.650. The molecule has 0 atom stereocenters. The molecule has 1 amide bonds. The number of rotatable bonds is 1. The lowest BCUT2D eigenvalue weighted by Gasteiger charge is -2.08. The molecular weight excluding hydrogens is 267 g/mol. The van der Waals surface area contributed by atoms with Gasteiger partial charge in [-0.1, -0.05) is 0 Å². The highest BCUT2D eigenvalue weighted by atomic mass is 127. The molecule has 0 aliphatic rings. The van der Waals surface area contributed by atoms with Gasteiger partial charge in [-0.2, -0.15) is 0 Å². The Labute approximate surface area is 84.9 Å². The Morgan fingerprint density at radius 1 is 1.50 bits per heavy atom. The van der Waals surface area contributed by atoms with Crippen molar-refractivity contribution in [2.24, 2.45) is 0 Å². The molecule has 0 aromatic carbocycles. The third kappa shape index (κ3) is 2.17. The van der Waals surface area contributed by atoms with Gasteiger partial charge in [0, 0.05) is 23.9 Å². The van der Waals surface area contributed by atoms with E-state index in [4.69, 9.17) is 0 Å². The normalized spacial score (nSPS) is 9.58. The van der Waals surface area contributed by atoms with Crippen LogP contribution in [0.2, 0.25) is 0 Å². The molecule has 1 aromatic rings. The predicted octanol–water partition coefficient (Wildman–Crippen LogP) is 1.39. The maximum Gasteiger partial charge on any atom is 0.271 e. The van der Waals surface area contributed by atoms with Crippen LogP contribution in [0.5, 0.6) is 0 Å². The summed E-state index contributed by atoms with van der Waals surface area (Å²) >= 11 is 2.15. The summed E-state index contributed by atoms with van der Waals surface area (Å²) in [5.74, 6) is -0.0635. The van der Waals surface area contributed by atoms with Gasteiger partial charge in [0.1, 0.15) is 5.69 Å². The first-order chi connectivity index (χ1) is 5.61. The molecule has 0 bridgehead atoms. The van der Waals surface area contributed by atoms with Gasteiger partial charge >= 0.3 is 0 Å². The molecule has 0 aliphatic carbocycles. The van der Waals surface area contributed by atoms with Crippen molar-refractivity contribution in [1.82, 2.24) is 9.88 Å². The van der Waals surface area contributed by atoms with Crippen LogP contribution in [0, 0.1) is 3.57 Å².